The van der Waals surface area contributed by atoms with Crippen LogP contribution in [0.15, 0.2) is 60.4 Å². The Kier molecular flexibility index (Phi) is 14.5. The van der Waals surface area contributed by atoms with Gasteiger partial charge < -0.3 is 93.7 Å². The van der Waals surface area contributed by atoms with Crippen LogP contribution in [0.5, 0.6) is 40.2 Å². The number of phenolic OH excluding ortho intramolecular Hbond substituents is 3. The van der Waals surface area contributed by atoms with Gasteiger partial charge in [-0.05, 0) is 42.0 Å². The van der Waals surface area contributed by atoms with Crippen LogP contribution in [0.25, 0.3) is 12.2 Å². The molecule has 22 nitrogen and oxygen atoms in total. The molecule has 3 aliphatic heterocycles. The van der Waals surface area contributed by atoms with E-state index in [0.29, 0.717) is 5.56 Å². The number of aliphatic carboxylic acids is 1. The molecule has 0 saturated carbocycles. The molecule has 63 heavy (non-hydrogen) atoms. The van der Waals surface area contributed by atoms with Gasteiger partial charge >= 0.3 is 17.9 Å². The van der Waals surface area contributed by atoms with Gasteiger partial charge in [-0.2, -0.15) is 0 Å². The lowest BCUT2D eigenvalue weighted by Gasteiger charge is -2.41. The Morgan fingerprint density at radius 3 is 1.83 bits per heavy atom. The van der Waals surface area contributed by atoms with Crippen molar-refractivity contribution in [2.75, 3.05) is 27.4 Å². The molecule has 10 N–H and O–H groups in total. The number of hydrogen-bond acceptors (Lipinski definition) is 21. The second kappa shape index (κ2) is 19.8. The molecule has 0 aromatic heterocycles. The molecule has 0 radical (unpaired) electrons. The average molecular weight is 889 g/mol. The number of carboxylic acid groups (broad SMARTS) is 1. The summed E-state index contributed by atoms with van der Waals surface area (Å²) in [5, 5.41) is 105. The Morgan fingerprint density at radius 1 is 0.683 bits per heavy atom. The fourth-order valence-electron chi connectivity index (χ4n) is 6.59. The maximum absolute atomic E-state index is 12.6. The topological polar surface area (TPSA) is 337 Å². The zero-order valence-electron chi connectivity index (χ0n) is 33.2. The predicted octanol–water partition coefficient (Wildman–Crippen LogP) is -0.420. The van der Waals surface area contributed by atoms with Gasteiger partial charge in [-0.15, -0.1) is 0 Å². The number of ether oxygens (including phenoxy) is 9. The SMILES string of the molecule is COc1cc(C2Oc3cc(O)cc(O[C@@H]4O[C@H](COC(=O)CC(=O)O)[C@H](O)[C@H](O)[C@H]4O)c3C=C2O[C@@H]2O[C@@H](COC(=O)/C=C\c3ccc(O)cc3)[C@H](O)[C@@H](O)[C@H]2O)cc(OC)c1O. The second-order valence-corrected chi connectivity index (χ2v) is 14.2. The monoisotopic (exact) mass is 888 g/mol. The Labute approximate surface area is 356 Å². The normalized spacial score (nSPS) is 27.9. The molecule has 3 aromatic carbocycles. The maximum Gasteiger partial charge on any atom is 0.330 e. The first-order valence-electron chi connectivity index (χ1n) is 18.9. The summed E-state index contributed by atoms with van der Waals surface area (Å²) in [6, 6.07) is 10.8. The zero-order chi connectivity index (χ0) is 45.7. The summed E-state index contributed by atoms with van der Waals surface area (Å²) >= 11 is 0. The van der Waals surface area contributed by atoms with Crippen LogP contribution in [0, 0.1) is 0 Å². The minimum Gasteiger partial charge on any atom is -0.508 e. The summed E-state index contributed by atoms with van der Waals surface area (Å²) in [5.41, 5.74) is 0.677. The van der Waals surface area contributed by atoms with Gasteiger partial charge in [0.05, 0.1) is 19.8 Å². The number of phenols is 3. The second-order valence-electron chi connectivity index (χ2n) is 14.2. The minimum absolute atomic E-state index is 0.0160. The van der Waals surface area contributed by atoms with Crippen molar-refractivity contribution < 1.29 is 108 Å². The van der Waals surface area contributed by atoms with Gasteiger partial charge in [0.2, 0.25) is 18.3 Å². The summed E-state index contributed by atoms with van der Waals surface area (Å²) in [6.45, 7) is -1.41. The Balaban J connectivity index is 1.31. The molecule has 0 spiro atoms. The van der Waals surface area contributed by atoms with Gasteiger partial charge in [0.25, 0.3) is 0 Å². The lowest BCUT2D eigenvalue weighted by atomic mass is 9.98. The van der Waals surface area contributed by atoms with Gasteiger partial charge in [-0.3, -0.25) is 9.59 Å². The number of aliphatic hydroxyl groups excluding tert-OH is 6. The van der Waals surface area contributed by atoms with Crippen molar-refractivity contribution in [1.82, 2.24) is 0 Å². The highest BCUT2D eigenvalue weighted by molar-refractivity contribution is 5.90. The number of methoxy groups -OCH3 is 2. The van der Waals surface area contributed by atoms with E-state index in [4.69, 9.17) is 47.7 Å². The van der Waals surface area contributed by atoms with Gasteiger partial charge in [0, 0.05) is 23.8 Å². The Bertz CT molecular complexity index is 2160. The van der Waals surface area contributed by atoms with Crippen LogP contribution in [-0.4, -0.2) is 158 Å². The van der Waals surface area contributed by atoms with Crippen molar-refractivity contribution in [3.05, 3.63) is 77.1 Å². The van der Waals surface area contributed by atoms with Crippen molar-refractivity contribution in [1.29, 1.82) is 0 Å². The standard InChI is InChI=1S/C41H44O22/c1-55-24-9-18(10-25(56-2)32(24)48)39-26(61-41-38(54)36(52)33(49)27(63-41)15-57-30(46)8-5-17-3-6-19(42)7-4-17)13-21-22(59-39)11-20(43)12-23(21)60-40-37(53)35(51)34(50)28(62-40)16-58-31(47)14-29(44)45/h3-13,27-28,33-43,48-54H,14-16H2,1-2H3,(H,44,45)/b8-5-/t27-,28+,33-,34-,35-,36+,37+,38+,39?,40+,41+/m0/s1. The molecule has 2 saturated heterocycles. The number of carbonyl (C=O) groups is 3. The molecule has 11 atom stereocenters. The number of hydrogen-bond donors (Lipinski definition) is 10. The maximum atomic E-state index is 12.6. The summed E-state index contributed by atoms with van der Waals surface area (Å²) < 4.78 is 50.5. The molecule has 22 heteroatoms. The van der Waals surface area contributed by atoms with Crippen LogP contribution in [-0.2, 0) is 38.1 Å². The summed E-state index contributed by atoms with van der Waals surface area (Å²) in [6.07, 6.45) is -16.8. The van der Waals surface area contributed by atoms with Crippen LogP contribution in [0.4, 0.5) is 0 Å². The largest absolute Gasteiger partial charge is 0.508 e. The summed E-state index contributed by atoms with van der Waals surface area (Å²) in [7, 11) is 2.53. The van der Waals surface area contributed by atoms with E-state index >= 15 is 0 Å². The van der Waals surface area contributed by atoms with E-state index in [9.17, 15) is 60.3 Å². The third-order valence-electron chi connectivity index (χ3n) is 9.91. The highest BCUT2D eigenvalue weighted by atomic mass is 16.7. The van der Waals surface area contributed by atoms with Crippen molar-refractivity contribution in [3.8, 4) is 40.2 Å². The number of benzene rings is 3. The number of aromatic hydroxyl groups is 3. The molecule has 1 unspecified atom stereocenters. The number of aliphatic hydroxyl groups is 6. The smallest absolute Gasteiger partial charge is 0.330 e. The van der Waals surface area contributed by atoms with E-state index in [1.54, 1.807) is 0 Å². The number of rotatable bonds is 15. The number of fused-ring (bicyclic) bond motifs is 1. The highest BCUT2D eigenvalue weighted by Crippen LogP contribution is 2.48. The summed E-state index contributed by atoms with van der Waals surface area (Å²) in [5.74, 6) is -5.23. The number of carbonyl (C=O) groups excluding carboxylic acids is 2. The average Bonchev–Trinajstić information content (AvgIpc) is 3.25. The van der Waals surface area contributed by atoms with Crippen LogP contribution in [0.3, 0.4) is 0 Å². The first-order chi connectivity index (χ1) is 30.0. The van der Waals surface area contributed by atoms with Crippen molar-refractivity contribution >= 4 is 30.1 Å². The lowest BCUT2D eigenvalue weighted by Crippen LogP contribution is -2.60. The van der Waals surface area contributed by atoms with E-state index < -0.39 is 111 Å². The first-order valence-corrected chi connectivity index (χ1v) is 18.9. The molecule has 6 rings (SSSR count). The molecule has 3 aliphatic rings. The zero-order valence-corrected chi connectivity index (χ0v) is 33.2. The van der Waals surface area contributed by atoms with Crippen LogP contribution in [0.2, 0.25) is 0 Å². The highest BCUT2D eigenvalue weighted by Gasteiger charge is 2.48. The molecule has 0 aliphatic carbocycles. The molecule has 0 amide bonds. The third kappa shape index (κ3) is 10.6. The van der Waals surface area contributed by atoms with E-state index in [2.05, 4.69) is 0 Å². The predicted molar refractivity (Wildman–Crippen MR) is 207 cm³/mol. The van der Waals surface area contributed by atoms with Crippen LogP contribution in [0.1, 0.15) is 29.2 Å². The Morgan fingerprint density at radius 2 is 1.25 bits per heavy atom. The van der Waals surface area contributed by atoms with Gasteiger partial charge in [0.15, 0.2) is 17.6 Å². The van der Waals surface area contributed by atoms with E-state index in [-0.39, 0.29) is 51.4 Å². The molecule has 2 fully saturated rings. The fourth-order valence-corrected chi connectivity index (χ4v) is 6.59. The van der Waals surface area contributed by atoms with E-state index in [1.807, 2.05) is 0 Å². The third-order valence-corrected chi connectivity index (χ3v) is 9.91. The number of carboxylic acids is 1. The molecule has 3 heterocycles. The van der Waals surface area contributed by atoms with E-state index in [0.717, 1.165) is 18.2 Å². The van der Waals surface area contributed by atoms with Crippen molar-refractivity contribution in [2.45, 2.75) is 73.9 Å². The molecule has 3 aromatic rings. The molecule has 0 bridgehead atoms. The van der Waals surface area contributed by atoms with Gasteiger partial charge in [-0.1, -0.05) is 12.1 Å². The lowest BCUT2D eigenvalue weighted by molar-refractivity contribution is -0.294. The van der Waals surface area contributed by atoms with Crippen molar-refractivity contribution in [2.24, 2.45) is 0 Å². The molecular weight excluding hydrogens is 844 g/mol. The van der Waals surface area contributed by atoms with Crippen LogP contribution < -0.4 is 18.9 Å². The van der Waals surface area contributed by atoms with Gasteiger partial charge in [-0.25, -0.2) is 4.79 Å². The fraction of sp³-hybridized carbons (Fsp3) is 0.390. The quantitative estimate of drug-likeness (QED) is 0.0526. The minimum atomic E-state index is -1.97. The first kappa shape index (κ1) is 46.1. The summed E-state index contributed by atoms with van der Waals surface area (Å²) in [4.78, 5) is 35.3. The number of esters is 2. The van der Waals surface area contributed by atoms with E-state index in [1.165, 1.54) is 62.8 Å². The molecular formula is C41H44O22. The van der Waals surface area contributed by atoms with Crippen LogP contribution >= 0.6 is 0 Å². The molecule has 340 valence electrons. The van der Waals surface area contributed by atoms with Crippen molar-refractivity contribution in [3.63, 3.8) is 0 Å². The van der Waals surface area contributed by atoms with Gasteiger partial charge in [0.1, 0.15) is 97.2 Å². The Hall–Kier alpha value is -6.37.